The Morgan fingerprint density at radius 2 is 1.94 bits per heavy atom. The van der Waals surface area contributed by atoms with Gasteiger partial charge in [0.1, 0.15) is 0 Å². The molecular weight excluding hydrogens is 412 g/mol. The van der Waals surface area contributed by atoms with Crippen LogP contribution in [0.4, 0.5) is 0 Å². The number of fused-ring (bicyclic) bond motifs is 2. The first kappa shape index (κ1) is 20.1. The summed E-state index contributed by atoms with van der Waals surface area (Å²) in [5, 5.41) is 7.97. The Balaban J connectivity index is 1.37. The third kappa shape index (κ3) is 3.49. The van der Waals surface area contributed by atoms with Crippen LogP contribution in [-0.4, -0.2) is 55.6 Å². The molecule has 166 valence electrons. The molecular formula is C26H26N6O. The maximum Gasteiger partial charge on any atom is 0.254 e. The molecule has 2 aliphatic rings. The molecule has 0 bridgehead atoms. The summed E-state index contributed by atoms with van der Waals surface area (Å²) in [6, 6.07) is 16.2. The van der Waals surface area contributed by atoms with Crippen molar-refractivity contribution in [2.75, 3.05) is 13.1 Å². The molecule has 7 nitrogen and oxygen atoms in total. The fourth-order valence-electron chi connectivity index (χ4n) is 5.09. The number of amides is 1. The van der Waals surface area contributed by atoms with Crippen LogP contribution in [-0.2, 0) is 0 Å². The highest BCUT2D eigenvalue weighted by Crippen LogP contribution is 2.35. The predicted molar refractivity (Wildman–Crippen MR) is 127 cm³/mol. The van der Waals surface area contributed by atoms with Gasteiger partial charge in [0.2, 0.25) is 0 Å². The molecule has 6 rings (SSSR count). The summed E-state index contributed by atoms with van der Waals surface area (Å²) in [5.74, 6) is 0.638. The zero-order chi connectivity index (χ0) is 22.4. The maximum absolute atomic E-state index is 13.6. The van der Waals surface area contributed by atoms with Gasteiger partial charge >= 0.3 is 0 Å². The molecule has 1 aliphatic heterocycles. The van der Waals surface area contributed by atoms with Crippen LogP contribution in [0.2, 0.25) is 0 Å². The van der Waals surface area contributed by atoms with Gasteiger partial charge in [0.05, 0.1) is 23.1 Å². The van der Waals surface area contributed by atoms with Gasteiger partial charge in [-0.05, 0) is 43.9 Å². The number of pyridine rings is 1. The van der Waals surface area contributed by atoms with Crippen molar-refractivity contribution in [2.45, 2.75) is 31.8 Å². The summed E-state index contributed by atoms with van der Waals surface area (Å²) in [6.45, 7) is 3.96. The minimum atomic E-state index is 0.0824. The first-order chi connectivity index (χ1) is 16.2. The second-order valence-corrected chi connectivity index (χ2v) is 9.06. The van der Waals surface area contributed by atoms with Crippen LogP contribution in [0.5, 0.6) is 0 Å². The summed E-state index contributed by atoms with van der Waals surface area (Å²) >= 11 is 0. The van der Waals surface area contributed by atoms with Gasteiger partial charge < -0.3 is 10.2 Å². The summed E-state index contributed by atoms with van der Waals surface area (Å²) < 4.78 is 1.75. The Kier molecular flexibility index (Phi) is 4.91. The molecule has 0 spiro atoms. The van der Waals surface area contributed by atoms with Crippen LogP contribution in [0.3, 0.4) is 0 Å². The summed E-state index contributed by atoms with van der Waals surface area (Å²) in [4.78, 5) is 25.1. The quantitative estimate of drug-likeness (QED) is 0.528. The van der Waals surface area contributed by atoms with Gasteiger partial charge in [-0.25, -0.2) is 9.50 Å². The number of benzene rings is 1. The Bertz CT molecular complexity index is 1320. The van der Waals surface area contributed by atoms with Gasteiger partial charge in [0, 0.05) is 48.7 Å². The van der Waals surface area contributed by atoms with E-state index in [1.54, 1.807) is 16.9 Å². The largest absolute Gasteiger partial charge is 0.331 e. The molecule has 2 fully saturated rings. The first-order valence-corrected chi connectivity index (χ1v) is 11.6. The number of rotatable bonds is 3. The molecule has 33 heavy (non-hydrogen) atoms. The van der Waals surface area contributed by atoms with Crippen LogP contribution in [0.15, 0.2) is 67.1 Å². The number of aromatic nitrogens is 4. The van der Waals surface area contributed by atoms with E-state index in [1.807, 2.05) is 54.7 Å². The van der Waals surface area contributed by atoms with Crippen LogP contribution in [0.25, 0.3) is 28.2 Å². The van der Waals surface area contributed by atoms with E-state index < -0.39 is 0 Å². The predicted octanol–water partition coefficient (Wildman–Crippen LogP) is 3.67. The fourth-order valence-corrected chi connectivity index (χ4v) is 5.09. The van der Waals surface area contributed by atoms with Crippen LogP contribution in [0, 0.1) is 5.92 Å². The zero-order valence-electron chi connectivity index (χ0n) is 18.6. The molecule has 0 radical (unpaired) electrons. The van der Waals surface area contributed by atoms with Crippen molar-refractivity contribution < 1.29 is 4.79 Å². The second kappa shape index (κ2) is 8.08. The SMILES string of the molecule is CC1CNCC2CCC2N1C(=O)c1ccnc(-c2cnn3ccc(-c4ccccc4)nc23)c1. The van der Waals surface area contributed by atoms with E-state index in [4.69, 9.17) is 4.98 Å². The molecule has 3 unspecified atom stereocenters. The minimum Gasteiger partial charge on any atom is -0.331 e. The number of carbonyl (C=O) groups is 1. The number of hydrogen-bond donors (Lipinski definition) is 1. The average molecular weight is 439 g/mol. The molecule has 1 saturated carbocycles. The van der Waals surface area contributed by atoms with E-state index >= 15 is 0 Å². The van der Waals surface area contributed by atoms with Crippen molar-refractivity contribution in [3.8, 4) is 22.5 Å². The van der Waals surface area contributed by atoms with Crippen molar-refractivity contribution in [1.29, 1.82) is 0 Å². The lowest BCUT2D eigenvalue weighted by Crippen LogP contribution is -2.53. The Morgan fingerprint density at radius 3 is 2.76 bits per heavy atom. The summed E-state index contributed by atoms with van der Waals surface area (Å²) in [7, 11) is 0. The molecule has 4 heterocycles. The molecule has 1 saturated heterocycles. The van der Waals surface area contributed by atoms with E-state index in [9.17, 15) is 4.79 Å². The van der Waals surface area contributed by atoms with Crippen LogP contribution >= 0.6 is 0 Å². The smallest absolute Gasteiger partial charge is 0.254 e. The molecule has 1 aliphatic carbocycles. The van der Waals surface area contributed by atoms with E-state index in [-0.39, 0.29) is 11.9 Å². The molecule has 1 N–H and O–H groups in total. The number of nitrogens with zero attached hydrogens (tertiary/aromatic N) is 5. The molecule has 3 aromatic heterocycles. The van der Waals surface area contributed by atoms with Crippen molar-refractivity contribution >= 4 is 11.6 Å². The lowest BCUT2D eigenvalue weighted by molar-refractivity contribution is 0.0353. The lowest BCUT2D eigenvalue weighted by atomic mass is 9.78. The van der Waals surface area contributed by atoms with Gasteiger partial charge in [-0.3, -0.25) is 9.78 Å². The molecule has 4 aromatic rings. The molecule has 1 amide bonds. The van der Waals surface area contributed by atoms with E-state index in [0.717, 1.165) is 42.0 Å². The Hall–Kier alpha value is -3.58. The normalized spacial score (nSPS) is 22.5. The van der Waals surface area contributed by atoms with Gasteiger partial charge in [0.25, 0.3) is 5.91 Å². The fraction of sp³-hybridized carbons (Fsp3) is 0.308. The Morgan fingerprint density at radius 1 is 1.06 bits per heavy atom. The van der Waals surface area contributed by atoms with Crippen molar-refractivity contribution in [1.82, 2.24) is 29.8 Å². The van der Waals surface area contributed by atoms with Crippen LogP contribution in [0.1, 0.15) is 30.1 Å². The molecule has 1 aromatic carbocycles. The van der Waals surface area contributed by atoms with Gasteiger partial charge in [0.15, 0.2) is 5.65 Å². The molecule has 3 atom stereocenters. The topological polar surface area (TPSA) is 75.4 Å². The van der Waals surface area contributed by atoms with E-state index in [1.165, 1.54) is 6.42 Å². The van der Waals surface area contributed by atoms with Gasteiger partial charge in [-0.15, -0.1) is 0 Å². The van der Waals surface area contributed by atoms with Crippen LogP contribution < -0.4 is 5.32 Å². The van der Waals surface area contributed by atoms with Crippen molar-refractivity contribution in [2.24, 2.45) is 5.92 Å². The molecule has 7 heteroatoms. The number of nitrogens with one attached hydrogen (secondary N) is 1. The van der Waals surface area contributed by atoms with Crippen molar-refractivity contribution in [3.05, 3.63) is 72.7 Å². The van der Waals surface area contributed by atoms with Gasteiger partial charge in [-0.2, -0.15) is 5.10 Å². The number of hydrogen-bond acceptors (Lipinski definition) is 5. The average Bonchev–Trinajstić information content (AvgIpc) is 3.23. The van der Waals surface area contributed by atoms with E-state index in [0.29, 0.717) is 23.2 Å². The first-order valence-electron chi connectivity index (χ1n) is 11.6. The lowest BCUT2D eigenvalue weighted by Gasteiger charge is -2.44. The summed E-state index contributed by atoms with van der Waals surface area (Å²) in [6.07, 6.45) is 7.67. The number of carbonyl (C=O) groups excluding carboxylic acids is 1. The monoisotopic (exact) mass is 438 g/mol. The zero-order valence-corrected chi connectivity index (χ0v) is 18.6. The van der Waals surface area contributed by atoms with Crippen molar-refractivity contribution in [3.63, 3.8) is 0 Å². The third-order valence-electron chi connectivity index (χ3n) is 7.01. The second-order valence-electron chi connectivity index (χ2n) is 9.06. The summed E-state index contributed by atoms with van der Waals surface area (Å²) in [5.41, 5.74) is 4.83. The highest BCUT2D eigenvalue weighted by Gasteiger charge is 2.41. The highest BCUT2D eigenvalue weighted by molar-refractivity contribution is 5.96. The van der Waals surface area contributed by atoms with E-state index in [2.05, 4.69) is 27.2 Å². The van der Waals surface area contributed by atoms with Gasteiger partial charge in [-0.1, -0.05) is 30.3 Å². The maximum atomic E-state index is 13.6. The standard InChI is InChI=1S/C26H26N6O/c1-17-14-27-15-20-7-8-24(20)32(17)26(33)19-9-11-28-23(13-19)21-16-29-31-12-10-22(30-25(21)31)18-5-3-2-4-6-18/h2-6,9-13,16-17,20,24,27H,7-8,14-15H2,1H3. The highest BCUT2D eigenvalue weighted by atomic mass is 16.2. The Labute approximate surface area is 192 Å². The minimum absolute atomic E-state index is 0.0824. The third-order valence-corrected chi connectivity index (χ3v) is 7.01.